The Hall–Kier alpha value is -1.88. The lowest BCUT2D eigenvalue weighted by Gasteiger charge is -2.27. The first kappa shape index (κ1) is 14.1. The molecule has 1 N–H and O–H groups in total. The predicted octanol–water partition coefficient (Wildman–Crippen LogP) is 0.853. The number of amides is 1. The van der Waals surface area contributed by atoms with Gasteiger partial charge in [-0.2, -0.15) is 0 Å². The van der Waals surface area contributed by atoms with Crippen LogP contribution in [0.3, 0.4) is 0 Å². The van der Waals surface area contributed by atoms with Crippen LogP contribution in [0.2, 0.25) is 0 Å². The third-order valence-electron chi connectivity index (χ3n) is 4.50. The van der Waals surface area contributed by atoms with Crippen molar-refractivity contribution in [2.45, 2.75) is 36.8 Å². The van der Waals surface area contributed by atoms with Crippen molar-refractivity contribution in [1.29, 1.82) is 0 Å². The van der Waals surface area contributed by atoms with Crippen molar-refractivity contribution in [3.8, 4) is 0 Å². The molecule has 1 amide bonds. The molecule has 21 heavy (non-hydrogen) atoms. The van der Waals surface area contributed by atoms with Gasteiger partial charge in [0.2, 0.25) is 5.91 Å². The maximum atomic E-state index is 12.9. The van der Waals surface area contributed by atoms with E-state index in [-0.39, 0.29) is 18.9 Å². The third-order valence-corrected chi connectivity index (χ3v) is 4.50. The second-order valence-electron chi connectivity index (χ2n) is 5.83. The molecule has 1 aromatic rings. The highest BCUT2D eigenvalue weighted by molar-refractivity contribution is 5.94. The summed E-state index contributed by atoms with van der Waals surface area (Å²) in [5, 5.41) is 9.82. The number of carbonyl (C=O) groups excluding carboxylic acids is 2. The van der Waals surface area contributed by atoms with Gasteiger partial charge >= 0.3 is 5.97 Å². The zero-order valence-electron chi connectivity index (χ0n) is 12.0. The van der Waals surface area contributed by atoms with E-state index in [4.69, 9.17) is 4.74 Å². The van der Waals surface area contributed by atoms with Gasteiger partial charge in [-0.05, 0) is 18.4 Å². The molecule has 1 aliphatic carbocycles. The van der Waals surface area contributed by atoms with Gasteiger partial charge in [0.05, 0.1) is 18.6 Å². The number of carbonyl (C=O) groups is 2. The van der Waals surface area contributed by atoms with Gasteiger partial charge in [0.1, 0.15) is 6.04 Å². The van der Waals surface area contributed by atoms with Gasteiger partial charge in [0, 0.05) is 13.0 Å². The number of benzene rings is 1. The van der Waals surface area contributed by atoms with Gasteiger partial charge in [-0.25, -0.2) is 4.79 Å². The molecule has 1 saturated heterocycles. The van der Waals surface area contributed by atoms with Gasteiger partial charge < -0.3 is 14.7 Å². The molecule has 1 aromatic carbocycles. The molecule has 2 aliphatic rings. The van der Waals surface area contributed by atoms with Crippen LogP contribution in [0.1, 0.15) is 24.8 Å². The number of methoxy groups -OCH3 is 1. The highest BCUT2D eigenvalue weighted by Crippen LogP contribution is 2.50. The summed E-state index contributed by atoms with van der Waals surface area (Å²) in [5.41, 5.74) is 0.470. The molecule has 0 bridgehead atoms. The van der Waals surface area contributed by atoms with Crippen molar-refractivity contribution in [3.05, 3.63) is 35.9 Å². The van der Waals surface area contributed by atoms with E-state index in [9.17, 15) is 14.7 Å². The first-order valence-corrected chi connectivity index (χ1v) is 7.21. The standard InChI is InChI=1S/C16H19NO4/c1-21-14(19)13-9-12(18)10-17(13)15(20)16(7-8-16)11-5-3-2-4-6-11/h2-6,12-13,18H,7-10H2,1H3. The smallest absolute Gasteiger partial charge is 0.328 e. The van der Waals surface area contributed by atoms with E-state index >= 15 is 0 Å². The largest absolute Gasteiger partial charge is 0.467 e. The summed E-state index contributed by atoms with van der Waals surface area (Å²) in [4.78, 5) is 26.2. The minimum Gasteiger partial charge on any atom is -0.467 e. The first-order valence-electron chi connectivity index (χ1n) is 7.21. The molecular formula is C16H19NO4. The second kappa shape index (κ2) is 5.15. The van der Waals surface area contributed by atoms with Crippen LogP contribution >= 0.6 is 0 Å². The molecular weight excluding hydrogens is 270 g/mol. The van der Waals surface area contributed by atoms with Gasteiger partial charge in [-0.1, -0.05) is 30.3 Å². The number of rotatable bonds is 3. The molecule has 3 rings (SSSR count). The van der Waals surface area contributed by atoms with Crippen LogP contribution in [0.15, 0.2) is 30.3 Å². The van der Waals surface area contributed by atoms with Crippen molar-refractivity contribution in [3.63, 3.8) is 0 Å². The minimum atomic E-state index is -0.668. The van der Waals surface area contributed by atoms with Gasteiger partial charge in [-0.3, -0.25) is 4.79 Å². The summed E-state index contributed by atoms with van der Waals surface area (Å²) in [5.74, 6) is -0.524. The van der Waals surface area contributed by atoms with Gasteiger partial charge in [0.25, 0.3) is 0 Å². The van der Waals surface area contributed by atoms with E-state index in [1.807, 2.05) is 30.3 Å². The maximum Gasteiger partial charge on any atom is 0.328 e. The number of hydrogen-bond acceptors (Lipinski definition) is 4. The Balaban J connectivity index is 1.86. The molecule has 1 saturated carbocycles. The van der Waals surface area contributed by atoms with E-state index < -0.39 is 23.5 Å². The lowest BCUT2D eigenvalue weighted by atomic mass is 9.94. The van der Waals surface area contributed by atoms with Crippen LogP contribution in [0.5, 0.6) is 0 Å². The number of aliphatic hydroxyl groups excluding tert-OH is 1. The normalized spacial score (nSPS) is 26.5. The molecule has 2 fully saturated rings. The average Bonchev–Trinajstić information content (AvgIpc) is 3.24. The summed E-state index contributed by atoms with van der Waals surface area (Å²) in [6.07, 6.45) is 1.17. The van der Waals surface area contributed by atoms with Crippen LogP contribution in [0.25, 0.3) is 0 Å². The summed E-state index contributed by atoms with van der Waals surface area (Å²) in [6, 6.07) is 8.98. The molecule has 112 valence electrons. The number of aliphatic hydroxyl groups is 1. The summed E-state index contributed by atoms with van der Waals surface area (Å²) in [7, 11) is 1.31. The fourth-order valence-corrected chi connectivity index (χ4v) is 3.18. The zero-order chi connectivity index (χ0) is 15.0. The van der Waals surface area contributed by atoms with Crippen molar-refractivity contribution < 1.29 is 19.4 Å². The van der Waals surface area contributed by atoms with E-state index in [2.05, 4.69) is 0 Å². The minimum absolute atomic E-state index is 0.0688. The summed E-state index contributed by atoms with van der Waals surface area (Å²) >= 11 is 0. The Labute approximate surface area is 123 Å². The molecule has 1 aliphatic heterocycles. The van der Waals surface area contributed by atoms with Gasteiger partial charge in [-0.15, -0.1) is 0 Å². The lowest BCUT2D eigenvalue weighted by Crippen LogP contribution is -2.46. The molecule has 0 radical (unpaired) electrons. The molecule has 5 heteroatoms. The number of ether oxygens (including phenoxy) is 1. The fourth-order valence-electron chi connectivity index (χ4n) is 3.18. The Morgan fingerprint density at radius 2 is 1.95 bits per heavy atom. The molecule has 2 unspecified atom stereocenters. The second-order valence-corrected chi connectivity index (χ2v) is 5.83. The topological polar surface area (TPSA) is 66.8 Å². The third kappa shape index (κ3) is 2.31. The van der Waals surface area contributed by atoms with Crippen molar-refractivity contribution in [1.82, 2.24) is 4.90 Å². The number of nitrogens with zero attached hydrogens (tertiary/aromatic N) is 1. The molecule has 5 nitrogen and oxygen atoms in total. The van der Waals surface area contributed by atoms with Crippen LogP contribution in [-0.2, 0) is 19.7 Å². The average molecular weight is 289 g/mol. The van der Waals surface area contributed by atoms with E-state index in [1.165, 1.54) is 12.0 Å². The Kier molecular flexibility index (Phi) is 3.45. The number of β-amino-alcohol motifs (C(OH)–C–C–N with tert-alkyl or cyclic N) is 1. The number of hydrogen-bond donors (Lipinski definition) is 1. The van der Waals surface area contributed by atoms with Gasteiger partial charge in [0.15, 0.2) is 0 Å². The quantitative estimate of drug-likeness (QED) is 0.838. The highest BCUT2D eigenvalue weighted by atomic mass is 16.5. The molecule has 0 spiro atoms. The molecule has 0 aromatic heterocycles. The first-order chi connectivity index (χ1) is 10.1. The van der Waals surface area contributed by atoms with Crippen LogP contribution in [0.4, 0.5) is 0 Å². The number of likely N-dealkylation sites (tertiary alicyclic amines) is 1. The monoisotopic (exact) mass is 289 g/mol. The highest BCUT2D eigenvalue weighted by Gasteiger charge is 2.56. The van der Waals surface area contributed by atoms with Crippen LogP contribution < -0.4 is 0 Å². The Bertz CT molecular complexity index is 553. The van der Waals surface area contributed by atoms with E-state index in [0.717, 1.165) is 18.4 Å². The fraction of sp³-hybridized carbons (Fsp3) is 0.500. The predicted molar refractivity (Wildman–Crippen MR) is 75.5 cm³/mol. The lowest BCUT2D eigenvalue weighted by molar-refractivity contribution is -0.151. The zero-order valence-corrected chi connectivity index (χ0v) is 12.0. The summed E-state index contributed by atoms with van der Waals surface area (Å²) in [6.45, 7) is 0.202. The van der Waals surface area contributed by atoms with Crippen molar-refractivity contribution >= 4 is 11.9 Å². The maximum absolute atomic E-state index is 12.9. The number of esters is 1. The van der Waals surface area contributed by atoms with E-state index in [0.29, 0.717) is 0 Å². The molecule has 1 heterocycles. The van der Waals surface area contributed by atoms with E-state index in [1.54, 1.807) is 0 Å². The SMILES string of the molecule is COC(=O)C1CC(O)CN1C(=O)C1(c2ccccc2)CC1. The summed E-state index contributed by atoms with van der Waals surface area (Å²) < 4.78 is 4.76. The Morgan fingerprint density at radius 1 is 1.29 bits per heavy atom. The van der Waals surface area contributed by atoms with Crippen molar-refractivity contribution in [2.24, 2.45) is 0 Å². The van der Waals surface area contributed by atoms with Crippen LogP contribution in [0, 0.1) is 0 Å². The van der Waals surface area contributed by atoms with Crippen molar-refractivity contribution in [2.75, 3.05) is 13.7 Å². The van der Waals surface area contributed by atoms with Crippen LogP contribution in [-0.4, -0.2) is 47.7 Å². The molecule has 2 atom stereocenters. The Morgan fingerprint density at radius 3 is 2.52 bits per heavy atom.